The van der Waals surface area contributed by atoms with E-state index in [2.05, 4.69) is 10.3 Å². The fourth-order valence-electron chi connectivity index (χ4n) is 1.61. The van der Waals surface area contributed by atoms with E-state index in [-0.39, 0.29) is 30.1 Å². The Kier molecular flexibility index (Phi) is 12.4. The first-order valence-corrected chi connectivity index (χ1v) is 7.54. The molecule has 126 valence electrons. The van der Waals surface area contributed by atoms with Crippen molar-refractivity contribution in [2.75, 3.05) is 26.3 Å². The van der Waals surface area contributed by atoms with E-state index in [1.54, 1.807) is 6.07 Å². The normalized spacial score (nSPS) is 12.4. The fourth-order valence-corrected chi connectivity index (χ4v) is 1.79. The average molecular weight is 442 g/mol. The average Bonchev–Trinajstić information content (AvgIpc) is 2.47. The Bertz CT molecular complexity index is 447. The van der Waals surface area contributed by atoms with E-state index >= 15 is 0 Å². The number of halogens is 2. The molecule has 0 aliphatic carbocycles. The summed E-state index contributed by atoms with van der Waals surface area (Å²) >= 11 is 6.03. The minimum atomic E-state index is -0.103. The molecule has 0 heterocycles. The maximum Gasteiger partial charge on any atom is 0.188 e. The molecule has 0 radical (unpaired) electrons. The van der Waals surface area contributed by atoms with Crippen LogP contribution in [0.3, 0.4) is 0 Å². The molecule has 0 aliphatic rings. The van der Waals surface area contributed by atoms with Crippen molar-refractivity contribution in [1.82, 2.24) is 5.32 Å². The molecule has 0 amide bonds. The number of hydrogen-bond acceptors (Lipinski definition) is 3. The minimum absolute atomic E-state index is 0. The van der Waals surface area contributed by atoms with Gasteiger partial charge in [0, 0.05) is 19.8 Å². The van der Waals surface area contributed by atoms with Crippen molar-refractivity contribution in [3.8, 4) is 5.75 Å². The first-order chi connectivity index (χ1) is 10.1. The van der Waals surface area contributed by atoms with Crippen LogP contribution in [0.4, 0.5) is 0 Å². The number of hydrogen-bond donors (Lipinski definition) is 2. The predicted octanol–water partition coefficient (Wildman–Crippen LogP) is 3.06. The Morgan fingerprint density at radius 1 is 1.41 bits per heavy atom. The number of ether oxygens (including phenoxy) is 2. The number of benzene rings is 1. The molecule has 0 aromatic heterocycles. The Balaban J connectivity index is 0.00000441. The molecule has 1 aromatic carbocycles. The zero-order valence-electron chi connectivity index (χ0n) is 13.0. The molecule has 0 aliphatic heterocycles. The topological polar surface area (TPSA) is 68.9 Å². The van der Waals surface area contributed by atoms with Crippen molar-refractivity contribution < 1.29 is 9.47 Å². The van der Waals surface area contributed by atoms with Crippen LogP contribution in [0.5, 0.6) is 5.75 Å². The number of guanidine groups is 1. The summed E-state index contributed by atoms with van der Waals surface area (Å²) in [7, 11) is 0. The maximum atomic E-state index is 6.03. The van der Waals surface area contributed by atoms with Gasteiger partial charge in [-0.05, 0) is 32.4 Å². The van der Waals surface area contributed by atoms with Crippen LogP contribution in [-0.4, -0.2) is 38.4 Å². The van der Waals surface area contributed by atoms with Gasteiger partial charge in [-0.3, -0.25) is 0 Å². The lowest BCUT2D eigenvalue weighted by atomic mass is 10.3. The maximum absolute atomic E-state index is 6.03. The van der Waals surface area contributed by atoms with E-state index in [9.17, 15) is 0 Å². The summed E-state index contributed by atoms with van der Waals surface area (Å²) in [6.07, 6.45) is 0.795. The molecule has 1 atom stereocenters. The van der Waals surface area contributed by atoms with Crippen molar-refractivity contribution in [1.29, 1.82) is 0 Å². The van der Waals surface area contributed by atoms with Crippen LogP contribution in [0.1, 0.15) is 20.3 Å². The van der Waals surface area contributed by atoms with Crippen LogP contribution in [-0.2, 0) is 4.74 Å². The monoisotopic (exact) mass is 441 g/mol. The highest BCUT2D eigenvalue weighted by Gasteiger charge is 2.06. The van der Waals surface area contributed by atoms with E-state index in [4.69, 9.17) is 26.8 Å². The molecule has 1 rings (SSSR count). The van der Waals surface area contributed by atoms with Crippen LogP contribution in [0.2, 0.25) is 5.02 Å². The third-order valence-electron chi connectivity index (χ3n) is 2.66. The molecule has 0 fully saturated rings. The molecule has 3 N–H and O–H groups in total. The second-order valence-electron chi connectivity index (χ2n) is 4.56. The van der Waals surface area contributed by atoms with Crippen LogP contribution >= 0.6 is 35.6 Å². The summed E-state index contributed by atoms with van der Waals surface area (Å²) in [5, 5.41) is 3.63. The van der Waals surface area contributed by atoms with Gasteiger partial charge in [-0.25, -0.2) is 4.99 Å². The van der Waals surface area contributed by atoms with Crippen molar-refractivity contribution >= 4 is 41.5 Å². The fraction of sp³-hybridized carbons (Fsp3) is 0.533. The quantitative estimate of drug-likeness (QED) is 0.267. The summed E-state index contributed by atoms with van der Waals surface area (Å²) in [5.41, 5.74) is 5.78. The van der Waals surface area contributed by atoms with Gasteiger partial charge < -0.3 is 20.5 Å². The molecular weight excluding hydrogens is 417 g/mol. The summed E-state index contributed by atoms with van der Waals surface area (Å²) < 4.78 is 10.9. The number of aliphatic imine (C=N–C) groups is 1. The Hall–Kier alpha value is -0.730. The molecule has 5 nitrogen and oxygen atoms in total. The van der Waals surface area contributed by atoms with Crippen molar-refractivity contribution in [3.05, 3.63) is 29.3 Å². The lowest BCUT2D eigenvalue weighted by Crippen LogP contribution is -2.34. The number of nitrogens with one attached hydrogen (secondary N) is 1. The largest absolute Gasteiger partial charge is 0.487 e. The molecule has 0 bridgehead atoms. The van der Waals surface area contributed by atoms with E-state index < -0.39 is 0 Å². The lowest BCUT2D eigenvalue weighted by Gasteiger charge is -2.14. The van der Waals surface area contributed by atoms with E-state index in [0.29, 0.717) is 23.3 Å². The highest BCUT2D eigenvalue weighted by atomic mass is 127. The molecule has 0 spiro atoms. The van der Waals surface area contributed by atoms with Crippen molar-refractivity contribution in [3.63, 3.8) is 0 Å². The van der Waals surface area contributed by atoms with Crippen LogP contribution < -0.4 is 15.8 Å². The molecule has 0 saturated carbocycles. The molecule has 7 heteroatoms. The summed E-state index contributed by atoms with van der Waals surface area (Å²) in [5.74, 6) is 1.08. The van der Waals surface area contributed by atoms with E-state index in [0.717, 1.165) is 26.2 Å². The smallest absolute Gasteiger partial charge is 0.188 e. The second-order valence-corrected chi connectivity index (χ2v) is 4.97. The third kappa shape index (κ3) is 9.32. The van der Waals surface area contributed by atoms with Crippen LogP contribution in [0.25, 0.3) is 0 Å². The first-order valence-electron chi connectivity index (χ1n) is 7.16. The second kappa shape index (κ2) is 12.8. The van der Waals surface area contributed by atoms with Gasteiger partial charge in [-0.2, -0.15) is 0 Å². The standard InChI is InChI=1S/C15H24ClN3O2.HI/c1-3-20-10-6-9-18-15(17)19-11-12(2)21-14-8-5-4-7-13(14)16;/h4-5,7-8,12H,3,6,9-11H2,1-2H3,(H3,17,18,19);1H. The molecular formula is C15H25ClIN3O2. The molecule has 0 saturated heterocycles. The number of para-hydroxylation sites is 1. The Morgan fingerprint density at radius 3 is 2.82 bits per heavy atom. The van der Waals surface area contributed by atoms with Crippen LogP contribution in [0.15, 0.2) is 29.3 Å². The highest BCUT2D eigenvalue weighted by molar-refractivity contribution is 14.0. The molecule has 22 heavy (non-hydrogen) atoms. The highest BCUT2D eigenvalue weighted by Crippen LogP contribution is 2.24. The number of nitrogens with zero attached hydrogens (tertiary/aromatic N) is 1. The van der Waals surface area contributed by atoms with Gasteiger partial charge in [-0.1, -0.05) is 23.7 Å². The lowest BCUT2D eigenvalue weighted by molar-refractivity contribution is 0.145. The van der Waals surface area contributed by atoms with Gasteiger partial charge in [0.05, 0.1) is 11.6 Å². The van der Waals surface area contributed by atoms with Gasteiger partial charge >= 0.3 is 0 Å². The van der Waals surface area contributed by atoms with Crippen LogP contribution in [0, 0.1) is 0 Å². The Labute approximate surface area is 154 Å². The van der Waals surface area contributed by atoms with Gasteiger partial charge in [-0.15, -0.1) is 24.0 Å². The van der Waals surface area contributed by atoms with Gasteiger partial charge in [0.1, 0.15) is 11.9 Å². The third-order valence-corrected chi connectivity index (χ3v) is 2.97. The summed E-state index contributed by atoms with van der Waals surface area (Å²) in [4.78, 5) is 4.24. The molecule has 1 unspecified atom stereocenters. The SMILES string of the molecule is CCOCCCNC(N)=NCC(C)Oc1ccccc1Cl.I. The summed E-state index contributed by atoms with van der Waals surface area (Å²) in [6.45, 7) is 6.58. The van der Waals surface area contributed by atoms with Gasteiger partial charge in [0.25, 0.3) is 0 Å². The van der Waals surface area contributed by atoms with Crippen molar-refractivity contribution in [2.24, 2.45) is 10.7 Å². The van der Waals surface area contributed by atoms with Gasteiger partial charge in [0.2, 0.25) is 0 Å². The first kappa shape index (κ1) is 21.3. The zero-order valence-corrected chi connectivity index (χ0v) is 16.1. The zero-order chi connectivity index (χ0) is 15.5. The Morgan fingerprint density at radius 2 is 2.14 bits per heavy atom. The predicted molar refractivity (Wildman–Crippen MR) is 103 cm³/mol. The number of nitrogens with two attached hydrogens (primary N) is 1. The molecule has 1 aromatic rings. The van der Waals surface area contributed by atoms with Crippen molar-refractivity contribution in [2.45, 2.75) is 26.4 Å². The van der Waals surface area contributed by atoms with E-state index in [1.807, 2.05) is 32.0 Å². The van der Waals surface area contributed by atoms with Gasteiger partial charge in [0.15, 0.2) is 5.96 Å². The number of rotatable bonds is 9. The van der Waals surface area contributed by atoms with E-state index in [1.165, 1.54) is 0 Å². The summed E-state index contributed by atoms with van der Waals surface area (Å²) in [6, 6.07) is 7.37. The minimum Gasteiger partial charge on any atom is -0.487 e.